The van der Waals surface area contributed by atoms with Crippen LogP contribution in [0.25, 0.3) is 0 Å². The van der Waals surface area contributed by atoms with Crippen molar-refractivity contribution in [2.45, 2.75) is 25.7 Å². The molecule has 0 radical (unpaired) electrons. The summed E-state index contributed by atoms with van der Waals surface area (Å²) in [6.45, 7) is 4.61. The van der Waals surface area contributed by atoms with Crippen LogP contribution in [0.4, 0.5) is 0 Å². The smallest absolute Gasteiger partial charge is 0.226 e. The van der Waals surface area contributed by atoms with Gasteiger partial charge in [-0.05, 0) is 31.2 Å². The minimum Gasteiger partial charge on any atom is -0.356 e. The molecule has 0 bridgehead atoms. The molecular weight excluding hydrogens is 210 g/mol. The van der Waals surface area contributed by atoms with E-state index in [0.717, 1.165) is 32.2 Å². The summed E-state index contributed by atoms with van der Waals surface area (Å²) in [6.07, 6.45) is 5.46. The molecule has 1 unspecified atom stereocenters. The highest BCUT2D eigenvalue weighted by Gasteiger charge is 2.38. The molecule has 2 rings (SSSR count). The largest absolute Gasteiger partial charge is 0.356 e. The minimum absolute atomic E-state index is 0.188. The van der Waals surface area contributed by atoms with E-state index in [9.17, 15) is 4.79 Å². The lowest BCUT2D eigenvalue weighted by Crippen LogP contribution is -2.47. The van der Waals surface area contributed by atoms with Crippen LogP contribution in [0.15, 0.2) is 43.0 Å². The summed E-state index contributed by atoms with van der Waals surface area (Å²) in [6, 6.07) is 10.2. The zero-order valence-corrected chi connectivity index (χ0v) is 10.1. The lowest BCUT2D eigenvalue weighted by atomic mass is 9.72. The molecule has 1 heterocycles. The summed E-state index contributed by atoms with van der Waals surface area (Å²) in [5, 5.41) is 2.99. The highest BCUT2D eigenvalue weighted by Crippen LogP contribution is 2.35. The molecule has 0 saturated carbocycles. The van der Waals surface area contributed by atoms with Crippen molar-refractivity contribution in [3.63, 3.8) is 0 Å². The summed E-state index contributed by atoms with van der Waals surface area (Å²) in [7, 11) is 0. The van der Waals surface area contributed by atoms with Crippen LogP contribution in [0.2, 0.25) is 0 Å². The number of nitrogens with one attached hydrogen (secondary N) is 1. The third-order valence-electron chi connectivity index (χ3n) is 3.52. The Morgan fingerprint density at radius 2 is 2.12 bits per heavy atom. The molecule has 0 aliphatic carbocycles. The first kappa shape index (κ1) is 11.9. The van der Waals surface area contributed by atoms with Gasteiger partial charge >= 0.3 is 0 Å². The second-order valence-electron chi connectivity index (χ2n) is 4.79. The minimum atomic E-state index is -0.276. The summed E-state index contributed by atoms with van der Waals surface area (Å²) < 4.78 is 0. The van der Waals surface area contributed by atoms with Crippen molar-refractivity contribution in [3.05, 3.63) is 48.6 Å². The molecule has 2 nitrogen and oxygen atoms in total. The van der Waals surface area contributed by atoms with Gasteiger partial charge in [-0.25, -0.2) is 0 Å². The van der Waals surface area contributed by atoms with Crippen LogP contribution in [-0.4, -0.2) is 12.5 Å². The highest BCUT2D eigenvalue weighted by molar-refractivity contribution is 5.83. The van der Waals surface area contributed by atoms with E-state index in [0.29, 0.717) is 0 Å². The van der Waals surface area contributed by atoms with Crippen molar-refractivity contribution in [3.8, 4) is 0 Å². The molecule has 1 aliphatic rings. The molecular formula is C15H19NO. The Morgan fingerprint density at radius 1 is 1.35 bits per heavy atom. The lowest BCUT2D eigenvalue weighted by Gasteiger charge is -2.35. The van der Waals surface area contributed by atoms with Crippen LogP contribution in [0, 0.1) is 5.41 Å². The van der Waals surface area contributed by atoms with Crippen LogP contribution in [0.3, 0.4) is 0 Å². The predicted octanol–water partition coefficient (Wildman–Crippen LogP) is 2.70. The predicted molar refractivity (Wildman–Crippen MR) is 69.6 cm³/mol. The number of benzene rings is 1. The summed E-state index contributed by atoms with van der Waals surface area (Å²) >= 11 is 0. The number of rotatable bonds is 4. The van der Waals surface area contributed by atoms with Gasteiger partial charge in [0, 0.05) is 6.54 Å². The van der Waals surface area contributed by atoms with Gasteiger partial charge in [0.2, 0.25) is 5.91 Å². The van der Waals surface area contributed by atoms with E-state index in [1.165, 1.54) is 5.56 Å². The van der Waals surface area contributed by atoms with Crippen molar-refractivity contribution < 1.29 is 4.79 Å². The summed E-state index contributed by atoms with van der Waals surface area (Å²) in [4.78, 5) is 12.2. The third-order valence-corrected chi connectivity index (χ3v) is 3.52. The fraction of sp³-hybridized carbons (Fsp3) is 0.400. The third kappa shape index (κ3) is 2.57. The van der Waals surface area contributed by atoms with Crippen LogP contribution < -0.4 is 5.32 Å². The molecule has 17 heavy (non-hydrogen) atoms. The van der Waals surface area contributed by atoms with E-state index in [2.05, 4.69) is 24.0 Å². The zero-order chi connectivity index (χ0) is 12.1. The van der Waals surface area contributed by atoms with Crippen molar-refractivity contribution in [2.24, 2.45) is 5.41 Å². The molecule has 90 valence electrons. The van der Waals surface area contributed by atoms with E-state index in [4.69, 9.17) is 0 Å². The highest BCUT2D eigenvalue weighted by atomic mass is 16.2. The quantitative estimate of drug-likeness (QED) is 0.790. The van der Waals surface area contributed by atoms with Gasteiger partial charge in [-0.1, -0.05) is 36.4 Å². The van der Waals surface area contributed by atoms with Crippen LogP contribution in [-0.2, 0) is 11.2 Å². The molecule has 1 saturated heterocycles. The Bertz CT molecular complexity index is 399. The molecule has 1 N–H and O–H groups in total. The molecule has 0 spiro atoms. The maximum atomic E-state index is 12.2. The van der Waals surface area contributed by atoms with E-state index < -0.39 is 0 Å². The van der Waals surface area contributed by atoms with Gasteiger partial charge in [0.1, 0.15) is 0 Å². The Hall–Kier alpha value is -1.57. The van der Waals surface area contributed by atoms with Gasteiger partial charge in [-0.2, -0.15) is 0 Å². The van der Waals surface area contributed by atoms with Crippen molar-refractivity contribution >= 4 is 5.91 Å². The molecule has 0 aromatic heterocycles. The first-order valence-electron chi connectivity index (χ1n) is 6.20. The van der Waals surface area contributed by atoms with Gasteiger partial charge in [0.25, 0.3) is 0 Å². The number of hydrogen-bond donors (Lipinski definition) is 1. The molecule has 1 atom stereocenters. The molecule has 2 heteroatoms. The van der Waals surface area contributed by atoms with Gasteiger partial charge in [-0.15, -0.1) is 6.58 Å². The molecule has 1 aromatic carbocycles. The van der Waals surface area contributed by atoms with Crippen LogP contribution in [0.5, 0.6) is 0 Å². The van der Waals surface area contributed by atoms with Crippen molar-refractivity contribution in [1.29, 1.82) is 0 Å². The van der Waals surface area contributed by atoms with Gasteiger partial charge < -0.3 is 5.32 Å². The Morgan fingerprint density at radius 3 is 2.76 bits per heavy atom. The monoisotopic (exact) mass is 229 g/mol. The molecule has 1 aromatic rings. The number of carbonyl (C=O) groups excluding carboxylic acids is 1. The number of carbonyl (C=O) groups is 1. The number of amides is 1. The van der Waals surface area contributed by atoms with Crippen molar-refractivity contribution in [1.82, 2.24) is 5.32 Å². The van der Waals surface area contributed by atoms with E-state index in [-0.39, 0.29) is 11.3 Å². The standard InChI is InChI=1S/C15H19NO/c1-2-9-15(10-6-11-16-14(15)17)12-13-7-4-3-5-8-13/h2-5,7-8H,1,6,9-12H2,(H,16,17). The number of piperidine rings is 1. The molecule has 1 amide bonds. The van der Waals surface area contributed by atoms with E-state index in [1.807, 2.05) is 24.3 Å². The maximum Gasteiger partial charge on any atom is 0.226 e. The van der Waals surface area contributed by atoms with Gasteiger partial charge in [-0.3, -0.25) is 4.79 Å². The molecule has 1 aliphatic heterocycles. The zero-order valence-electron chi connectivity index (χ0n) is 10.1. The van der Waals surface area contributed by atoms with Gasteiger partial charge in [0.15, 0.2) is 0 Å². The molecule has 1 fully saturated rings. The van der Waals surface area contributed by atoms with Gasteiger partial charge in [0.05, 0.1) is 5.41 Å². The Labute approximate surface area is 103 Å². The normalized spacial score (nSPS) is 24.1. The van der Waals surface area contributed by atoms with Crippen LogP contribution >= 0.6 is 0 Å². The average Bonchev–Trinajstić information content (AvgIpc) is 2.35. The number of allylic oxidation sites excluding steroid dienone is 1. The van der Waals surface area contributed by atoms with E-state index in [1.54, 1.807) is 0 Å². The Kier molecular flexibility index (Phi) is 3.62. The summed E-state index contributed by atoms with van der Waals surface area (Å²) in [5.74, 6) is 0.188. The second-order valence-corrected chi connectivity index (χ2v) is 4.79. The fourth-order valence-corrected chi connectivity index (χ4v) is 2.63. The lowest BCUT2D eigenvalue weighted by molar-refractivity contribution is -0.133. The maximum absolute atomic E-state index is 12.2. The first-order valence-corrected chi connectivity index (χ1v) is 6.20. The second kappa shape index (κ2) is 5.17. The van der Waals surface area contributed by atoms with Crippen molar-refractivity contribution in [2.75, 3.05) is 6.54 Å². The average molecular weight is 229 g/mol. The summed E-state index contributed by atoms with van der Waals surface area (Å²) in [5.41, 5.74) is 0.952. The SMILES string of the molecule is C=CCC1(Cc2ccccc2)CCCNC1=O. The van der Waals surface area contributed by atoms with E-state index >= 15 is 0 Å². The first-order chi connectivity index (χ1) is 8.27. The number of hydrogen-bond acceptors (Lipinski definition) is 1. The van der Waals surface area contributed by atoms with Crippen LogP contribution in [0.1, 0.15) is 24.8 Å². The fourth-order valence-electron chi connectivity index (χ4n) is 2.63. The topological polar surface area (TPSA) is 29.1 Å². The Balaban J connectivity index is 2.22.